The van der Waals surface area contributed by atoms with E-state index in [1.807, 2.05) is 19.1 Å². The van der Waals surface area contributed by atoms with Gasteiger partial charge >= 0.3 is 5.97 Å². The minimum absolute atomic E-state index is 0.109. The molecule has 26 heavy (non-hydrogen) atoms. The maximum atomic E-state index is 13.1. The van der Waals surface area contributed by atoms with Gasteiger partial charge in [-0.05, 0) is 31.5 Å². The lowest BCUT2D eigenvalue weighted by Gasteiger charge is -2.06. The predicted octanol–water partition coefficient (Wildman–Crippen LogP) is 2.86. The van der Waals surface area contributed by atoms with E-state index in [0.29, 0.717) is 17.6 Å². The van der Waals surface area contributed by atoms with E-state index >= 15 is 0 Å². The highest BCUT2D eigenvalue weighted by Crippen LogP contribution is 2.49. The summed E-state index contributed by atoms with van der Waals surface area (Å²) in [7, 11) is -2.46. The summed E-state index contributed by atoms with van der Waals surface area (Å²) in [6, 6.07) is 13.9. The Morgan fingerprint density at radius 1 is 1.15 bits per heavy atom. The van der Waals surface area contributed by atoms with Gasteiger partial charge in [0.1, 0.15) is 0 Å². The Hall–Kier alpha value is -2.67. The van der Waals surface area contributed by atoms with Crippen molar-refractivity contribution in [1.29, 1.82) is 0 Å². The number of ether oxygens (including phenoxy) is 1. The third-order valence-electron chi connectivity index (χ3n) is 4.78. The smallest absolute Gasteiger partial charge is 0.309 e. The van der Waals surface area contributed by atoms with Gasteiger partial charge in [-0.25, -0.2) is 0 Å². The fraction of sp³-hybridized carbons (Fsp3) is 0.263. The molecule has 1 saturated carbocycles. The van der Waals surface area contributed by atoms with Gasteiger partial charge in [-0.15, -0.1) is 0 Å². The van der Waals surface area contributed by atoms with Crippen LogP contribution in [0, 0.1) is 12.8 Å². The number of para-hydroxylation sites is 1. The number of aryl methyl sites for hydroxylation is 1. The highest BCUT2D eigenvalue weighted by molar-refractivity contribution is 7.90. The van der Waals surface area contributed by atoms with Crippen LogP contribution in [0.4, 0.5) is 0 Å². The first-order chi connectivity index (χ1) is 12.4. The Bertz CT molecular complexity index is 1100. The second-order valence-corrected chi connectivity index (χ2v) is 8.30. The molecule has 1 aliphatic rings. The van der Waals surface area contributed by atoms with Crippen LogP contribution < -0.4 is 0 Å². The first-order valence-corrected chi connectivity index (χ1v) is 9.75. The second kappa shape index (κ2) is 5.95. The molecule has 134 valence electrons. The number of carbonyl (C=O) groups excluding carboxylic acids is 1. The molecule has 0 aliphatic heterocycles. The van der Waals surface area contributed by atoms with Crippen LogP contribution in [0.15, 0.2) is 53.4 Å². The van der Waals surface area contributed by atoms with Crippen molar-refractivity contribution in [3.63, 3.8) is 0 Å². The number of hydrogen-bond donors (Lipinski definition) is 0. The van der Waals surface area contributed by atoms with Crippen LogP contribution in [0.3, 0.4) is 0 Å². The molecule has 0 bridgehead atoms. The van der Waals surface area contributed by atoms with Crippen molar-refractivity contribution in [3.05, 3.63) is 59.8 Å². The zero-order chi connectivity index (χ0) is 18.5. The van der Waals surface area contributed by atoms with Crippen LogP contribution in [0.25, 0.3) is 10.9 Å². The van der Waals surface area contributed by atoms with Crippen molar-refractivity contribution >= 4 is 26.9 Å². The fourth-order valence-corrected chi connectivity index (χ4v) is 4.53. The van der Waals surface area contributed by atoms with Gasteiger partial charge in [0.25, 0.3) is 10.0 Å². The van der Waals surface area contributed by atoms with Crippen molar-refractivity contribution in [2.75, 3.05) is 7.11 Å². The number of methoxy groups -OCH3 is 1. The maximum Gasteiger partial charge on any atom is 0.309 e. The third-order valence-corrected chi connectivity index (χ3v) is 6.38. The van der Waals surface area contributed by atoms with E-state index < -0.39 is 10.0 Å². The molecule has 3 aromatic rings. The summed E-state index contributed by atoms with van der Waals surface area (Å²) in [6.45, 7) is 1.90. The molecule has 6 nitrogen and oxygen atoms in total. The zero-order valence-electron chi connectivity index (χ0n) is 14.4. The fourth-order valence-electron chi connectivity index (χ4n) is 3.24. The number of esters is 1. The first kappa shape index (κ1) is 16.8. The standard InChI is InChI=1S/C19H18N2O4S/c1-12-7-9-13(10-8-12)26(23,24)21-17-6-4-3-5-14(17)18(20-21)15-11-16(15)19(22)25-2/h3-10,15-16H,11H2,1-2H3. The van der Waals surface area contributed by atoms with Gasteiger partial charge in [0.2, 0.25) is 0 Å². The molecule has 0 radical (unpaired) electrons. The number of aromatic nitrogens is 2. The molecule has 0 spiro atoms. The van der Waals surface area contributed by atoms with Gasteiger partial charge in [-0.1, -0.05) is 35.9 Å². The lowest BCUT2D eigenvalue weighted by Crippen LogP contribution is -2.15. The molecule has 2 aromatic carbocycles. The molecule has 7 heteroatoms. The van der Waals surface area contributed by atoms with Crippen LogP contribution in [0.5, 0.6) is 0 Å². The van der Waals surface area contributed by atoms with E-state index in [2.05, 4.69) is 5.10 Å². The zero-order valence-corrected chi connectivity index (χ0v) is 15.2. The van der Waals surface area contributed by atoms with Gasteiger partial charge < -0.3 is 4.74 Å². The second-order valence-electron chi connectivity index (χ2n) is 6.54. The van der Waals surface area contributed by atoms with E-state index in [1.165, 1.54) is 7.11 Å². The largest absolute Gasteiger partial charge is 0.469 e. The van der Waals surface area contributed by atoms with Gasteiger partial charge in [0.05, 0.1) is 29.1 Å². The summed E-state index contributed by atoms with van der Waals surface area (Å²) >= 11 is 0. The van der Waals surface area contributed by atoms with Crippen LogP contribution >= 0.6 is 0 Å². The Morgan fingerprint density at radius 3 is 2.54 bits per heavy atom. The van der Waals surface area contributed by atoms with Crippen molar-refractivity contribution < 1.29 is 17.9 Å². The van der Waals surface area contributed by atoms with E-state index in [9.17, 15) is 13.2 Å². The van der Waals surface area contributed by atoms with Crippen LogP contribution in [-0.4, -0.2) is 30.7 Å². The molecule has 1 aromatic heterocycles. The van der Waals surface area contributed by atoms with E-state index in [1.54, 1.807) is 36.4 Å². The Balaban J connectivity index is 1.84. The molecule has 0 amide bonds. The van der Waals surface area contributed by atoms with Gasteiger partial charge in [-0.2, -0.15) is 17.6 Å². The van der Waals surface area contributed by atoms with E-state index in [0.717, 1.165) is 15.0 Å². The van der Waals surface area contributed by atoms with E-state index in [-0.39, 0.29) is 22.7 Å². The first-order valence-electron chi connectivity index (χ1n) is 8.31. The average molecular weight is 370 g/mol. The minimum atomic E-state index is -3.82. The van der Waals surface area contributed by atoms with Gasteiger partial charge in [0.15, 0.2) is 0 Å². The molecule has 0 N–H and O–H groups in total. The van der Waals surface area contributed by atoms with Gasteiger partial charge in [0, 0.05) is 11.3 Å². The number of benzene rings is 2. The quantitative estimate of drug-likeness (QED) is 0.660. The summed E-state index contributed by atoms with van der Waals surface area (Å²) in [5.41, 5.74) is 2.12. The molecular formula is C19H18N2O4S. The monoisotopic (exact) mass is 370 g/mol. The summed E-state index contributed by atoms with van der Waals surface area (Å²) in [4.78, 5) is 12.0. The predicted molar refractivity (Wildman–Crippen MR) is 96.4 cm³/mol. The average Bonchev–Trinajstić information content (AvgIpc) is 3.34. The third kappa shape index (κ3) is 2.59. The number of nitrogens with zero attached hydrogens (tertiary/aromatic N) is 2. The van der Waals surface area contributed by atoms with Gasteiger partial charge in [-0.3, -0.25) is 4.79 Å². The normalized spacial score (nSPS) is 19.5. The lowest BCUT2D eigenvalue weighted by atomic mass is 10.1. The number of carbonyl (C=O) groups is 1. The lowest BCUT2D eigenvalue weighted by molar-refractivity contribution is -0.142. The molecule has 2 atom stereocenters. The molecule has 1 heterocycles. The topological polar surface area (TPSA) is 78.3 Å². The van der Waals surface area contributed by atoms with Crippen molar-refractivity contribution in [2.24, 2.45) is 5.92 Å². The molecule has 1 aliphatic carbocycles. The number of fused-ring (bicyclic) bond motifs is 1. The highest BCUT2D eigenvalue weighted by Gasteiger charge is 2.47. The summed E-state index contributed by atoms with van der Waals surface area (Å²) in [5.74, 6) is -0.648. The number of hydrogen-bond acceptors (Lipinski definition) is 5. The van der Waals surface area contributed by atoms with Crippen LogP contribution in [-0.2, 0) is 19.6 Å². The molecule has 0 saturated heterocycles. The summed E-state index contributed by atoms with van der Waals surface area (Å²) < 4.78 is 32.1. The van der Waals surface area contributed by atoms with Crippen molar-refractivity contribution in [1.82, 2.24) is 9.19 Å². The van der Waals surface area contributed by atoms with Crippen LogP contribution in [0.1, 0.15) is 23.6 Å². The molecule has 1 fully saturated rings. The van der Waals surface area contributed by atoms with Crippen molar-refractivity contribution in [2.45, 2.75) is 24.2 Å². The Kier molecular flexibility index (Phi) is 3.84. The maximum absolute atomic E-state index is 13.1. The molecular weight excluding hydrogens is 352 g/mol. The number of rotatable bonds is 4. The summed E-state index contributed by atoms with van der Waals surface area (Å²) in [5, 5.41) is 5.16. The van der Waals surface area contributed by atoms with E-state index in [4.69, 9.17) is 4.74 Å². The van der Waals surface area contributed by atoms with Crippen LogP contribution in [0.2, 0.25) is 0 Å². The molecule has 4 rings (SSSR count). The summed E-state index contributed by atoms with van der Waals surface area (Å²) in [6.07, 6.45) is 0.623. The highest BCUT2D eigenvalue weighted by atomic mass is 32.2. The Labute approximate surface area is 151 Å². The minimum Gasteiger partial charge on any atom is -0.469 e. The van der Waals surface area contributed by atoms with Crippen molar-refractivity contribution in [3.8, 4) is 0 Å². The Morgan fingerprint density at radius 2 is 1.85 bits per heavy atom. The molecule has 2 unspecified atom stereocenters. The SMILES string of the molecule is COC(=O)C1CC1c1nn(S(=O)(=O)c2ccc(C)cc2)c2ccccc12.